The maximum Gasteiger partial charge on any atom is 0.248 e. The second-order valence-electron chi connectivity index (χ2n) is 3.55. The van der Waals surface area contributed by atoms with E-state index >= 15 is 0 Å². The van der Waals surface area contributed by atoms with Crippen LogP contribution in [0.4, 0.5) is 0 Å². The number of primary amides is 1. The van der Waals surface area contributed by atoms with Crippen molar-refractivity contribution in [1.82, 2.24) is 0 Å². The van der Waals surface area contributed by atoms with Gasteiger partial charge in [0.15, 0.2) is 9.84 Å². The van der Waals surface area contributed by atoms with E-state index in [0.717, 1.165) is 0 Å². The molecule has 1 aromatic carbocycles. The summed E-state index contributed by atoms with van der Waals surface area (Å²) in [5.74, 6) is -0.897. The van der Waals surface area contributed by atoms with Gasteiger partial charge in [-0.3, -0.25) is 4.79 Å². The smallest absolute Gasteiger partial charge is 0.248 e. The number of amides is 1. The Kier molecular flexibility index (Phi) is 4.50. The number of sulfone groups is 1. The van der Waals surface area contributed by atoms with Crippen molar-refractivity contribution < 1.29 is 13.2 Å². The van der Waals surface area contributed by atoms with Gasteiger partial charge in [0.1, 0.15) is 0 Å². The van der Waals surface area contributed by atoms with Gasteiger partial charge in [-0.25, -0.2) is 8.42 Å². The predicted molar refractivity (Wildman–Crippen MR) is 66.5 cm³/mol. The topological polar surface area (TPSA) is 103 Å². The molecule has 1 amide bonds. The standard InChI is InChI=1S/C10H13ClN2O3S/c11-9-5-7(10(13)14)1-2-8(9)6-17(15,16)4-3-12/h1-2,5H,3-4,6,12H2,(H2,13,14). The van der Waals surface area contributed by atoms with E-state index in [-0.39, 0.29) is 28.6 Å². The molecule has 0 spiro atoms. The zero-order valence-corrected chi connectivity index (χ0v) is 10.6. The normalized spacial score (nSPS) is 11.4. The van der Waals surface area contributed by atoms with Gasteiger partial charge >= 0.3 is 0 Å². The Balaban J connectivity index is 2.98. The maximum atomic E-state index is 11.5. The van der Waals surface area contributed by atoms with Gasteiger partial charge in [0.25, 0.3) is 0 Å². The molecular formula is C10H13ClN2O3S. The molecule has 0 radical (unpaired) electrons. The summed E-state index contributed by atoms with van der Waals surface area (Å²) in [6.45, 7) is 0.0688. The van der Waals surface area contributed by atoms with Crippen molar-refractivity contribution in [3.05, 3.63) is 34.3 Å². The fourth-order valence-electron chi connectivity index (χ4n) is 1.31. The van der Waals surface area contributed by atoms with Gasteiger partial charge in [-0.1, -0.05) is 17.7 Å². The Morgan fingerprint density at radius 3 is 2.47 bits per heavy atom. The molecule has 0 heterocycles. The quantitative estimate of drug-likeness (QED) is 0.808. The third-order valence-corrected chi connectivity index (χ3v) is 4.10. The van der Waals surface area contributed by atoms with Crippen LogP contribution in [0.5, 0.6) is 0 Å². The first-order valence-electron chi connectivity index (χ1n) is 4.84. The van der Waals surface area contributed by atoms with Crippen LogP contribution in [0.25, 0.3) is 0 Å². The van der Waals surface area contributed by atoms with E-state index in [1.54, 1.807) is 0 Å². The van der Waals surface area contributed by atoms with Crippen molar-refractivity contribution in [1.29, 1.82) is 0 Å². The fraction of sp³-hybridized carbons (Fsp3) is 0.300. The lowest BCUT2D eigenvalue weighted by molar-refractivity contribution is 0.100. The molecule has 17 heavy (non-hydrogen) atoms. The first kappa shape index (κ1) is 14.0. The van der Waals surface area contributed by atoms with Crippen molar-refractivity contribution >= 4 is 27.3 Å². The number of nitrogens with two attached hydrogens (primary N) is 2. The molecule has 1 rings (SSSR count). The summed E-state index contributed by atoms with van der Waals surface area (Å²) in [6.07, 6.45) is 0. The molecular weight excluding hydrogens is 264 g/mol. The van der Waals surface area contributed by atoms with Crippen LogP contribution < -0.4 is 11.5 Å². The zero-order valence-electron chi connectivity index (χ0n) is 9.02. The molecule has 1 aromatic rings. The van der Waals surface area contributed by atoms with Crippen LogP contribution in [0.3, 0.4) is 0 Å². The summed E-state index contributed by atoms with van der Waals surface area (Å²) in [5.41, 5.74) is 11.0. The number of benzene rings is 1. The monoisotopic (exact) mass is 276 g/mol. The van der Waals surface area contributed by atoms with Crippen molar-refractivity contribution in [2.24, 2.45) is 11.5 Å². The average Bonchev–Trinajstić information content (AvgIpc) is 2.20. The second kappa shape index (κ2) is 5.48. The summed E-state index contributed by atoms with van der Waals surface area (Å²) < 4.78 is 23.1. The zero-order chi connectivity index (χ0) is 13.1. The number of rotatable bonds is 5. The largest absolute Gasteiger partial charge is 0.366 e. The lowest BCUT2D eigenvalue weighted by Crippen LogP contribution is -2.17. The summed E-state index contributed by atoms with van der Waals surface area (Å²) in [7, 11) is -3.27. The van der Waals surface area contributed by atoms with Gasteiger partial charge < -0.3 is 11.5 Å². The Bertz CT molecular complexity index is 528. The van der Waals surface area contributed by atoms with Crippen molar-refractivity contribution in [3.8, 4) is 0 Å². The molecule has 7 heteroatoms. The van der Waals surface area contributed by atoms with E-state index in [2.05, 4.69) is 0 Å². The van der Waals surface area contributed by atoms with E-state index in [4.69, 9.17) is 23.1 Å². The molecule has 0 atom stereocenters. The number of hydrogen-bond acceptors (Lipinski definition) is 4. The number of halogens is 1. The summed E-state index contributed by atoms with van der Waals surface area (Å²) in [4.78, 5) is 10.9. The van der Waals surface area contributed by atoms with Gasteiger partial charge in [-0.05, 0) is 17.7 Å². The molecule has 0 fully saturated rings. The first-order valence-corrected chi connectivity index (χ1v) is 7.04. The minimum Gasteiger partial charge on any atom is -0.366 e. The van der Waals surface area contributed by atoms with Crippen LogP contribution in [0.2, 0.25) is 5.02 Å². The van der Waals surface area contributed by atoms with Crippen LogP contribution in [0.1, 0.15) is 15.9 Å². The molecule has 0 aliphatic carbocycles. The van der Waals surface area contributed by atoms with Gasteiger partial charge in [0, 0.05) is 17.1 Å². The van der Waals surface area contributed by atoms with E-state index in [9.17, 15) is 13.2 Å². The lowest BCUT2D eigenvalue weighted by Gasteiger charge is -2.06. The molecule has 0 bridgehead atoms. The van der Waals surface area contributed by atoms with Gasteiger partial charge in [0.2, 0.25) is 5.91 Å². The molecule has 0 aliphatic heterocycles. The minimum absolute atomic E-state index is 0.0688. The van der Waals surface area contributed by atoms with Crippen LogP contribution in [0, 0.1) is 0 Å². The summed E-state index contributed by atoms with van der Waals surface area (Å²) in [6, 6.07) is 4.29. The van der Waals surface area contributed by atoms with Crippen LogP contribution in [-0.2, 0) is 15.6 Å². The van der Waals surface area contributed by atoms with Gasteiger partial charge in [-0.15, -0.1) is 0 Å². The molecule has 5 nitrogen and oxygen atoms in total. The second-order valence-corrected chi connectivity index (χ2v) is 6.14. The molecule has 4 N–H and O–H groups in total. The van der Waals surface area contributed by atoms with Crippen molar-refractivity contribution in [2.45, 2.75) is 5.75 Å². The Morgan fingerprint density at radius 1 is 1.35 bits per heavy atom. The van der Waals surface area contributed by atoms with Crippen LogP contribution in [0.15, 0.2) is 18.2 Å². The van der Waals surface area contributed by atoms with E-state index in [0.29, 0.717) is 5.56 Å². The maximum absolute atomic E-state index is 11.5. The number of carbonyl (C=O) groups is 1. The van der Waals surface area contributed by atoms with Crippen molar-refractivity contribution in [3.63, 3.8) is 0 Å². The van der Waals surface area contributed by atoms with Gasteiger partial charge in [-0.2, -0.15) is 0 Å². The van der Waals surface area contributed by atoms with Crippen LogP contribution >= 0.6 is 11.6 Å². The summed E-state index contributed by atoms with van der Waals surface area (Å²) in [5, 5.41) is 0.210. The highest BCUT2D eigenvalue weighted by Crippen LogP contribution is 2.20. The van der Waals surface area contributed by atoms with Crippen LogP contribution in [-0.4, -0.2) is 26.6 Å². The number of hydrogen-bond donors (Lipinski definition) is 2. The highest BCUT2D eigenvalue weighted by atomic mass is 35.5. The number of carbonyl (C=O) groups excluding carboxylic acids is 1. The first-order chi connectivity index (χ1) is 7.85. The lowest BCUT2D eigenvalue weighted by atomic mass is 10.1. The SMILES string of the molecule is NCCS(=O)(=O)Cc1ccc(C(N)=O)cc1Cl. The molecule has 0 aliphatic rings. The van der Waals surface area contributed by atoms with E-state index in [1.165, 1.54) is 18.2 Å². The fourth-order valence-corrected chi connectivity index (χ4v) is 2.86. The third-order valence-electron chi connectivity index (χ3n) is 2.14. The highest BCUT2D eigenvalue weighted by molar-refractivity contribution is 7.90. The average molecular weight is 277 g/mol. The van der Waals surface area contributed by atoms with E-state index < -0.39 is 15.7 Å². The van der Waals surface area contributed by atoms with Gasteiger partial charge in [0.05, 0.1) is 11.5 Å². The summed E-state index contributed by atoms with van der Waals surface area (Å²) >= 11 is 5.88. The highest BCUT2D eigenvalue weighted by Gasteiger charge is 2.14. The predicted octanol–water partition coefficient (Wildman–Crippen LogP) is 0.312. The minimum atomic E-state index is -3.27. The molecule has 0 unspecified atom stereocenters. The Labute approximate surface area is 105 Å². The molecule has 94 valence electrons. The van der Waals surface area contributed by atoms with E-state index in [1.807, 2.05) is 0 Å². The molecule has 0 saturated carbocycles. The van der Waals surface area contributed by atoms with Crippen molar-refractivity contribution in [2.75, 3.05) is 12.3 Å². The Hall–Kier alpha value is -1.11. The third kappa shape index (κ3) is 3.99. The molecule has 0 saturated heterocycles. The Morgan fingerprint density at radius 2 is 2.00 bits per heavy atom. The molecule has 0 aromatic heterocycles.